The standard InChI is InChI=1S/C27H30ClN3O5S/c1-4-29-27(33)20(2)30(18-21-10-14-24(36-3)15-11-21)26(32)19-31(23-8-6-5-7-9-23)37(34,35)25-16-12-22(28)13-17-25/h5-17,20H,4,18-19H2,1-3H3,(H,29,33)/t20-/m1/s1. The number of nitrogens with zero attached hydrogens (tertiary/aromatic N) is 2. The molecule has 0 heterocycles. The Morgan fingerprint density at radius 3 is 2.16 bits per heavy atom. The van der Waals surface area contributed by atoms with E-state index in [4.69, 9.17) is 16.3 Å². The molecule has 8 nitrogen and oxygen atoms in total. The van der Waals surface area contributed by atoms with Gasteiger partial charge < -0.3 is 15.0 Å². The van der Waals surface area contributed by atoms with E-state index in [2.05, 4.69) is 5.32 Å². The number of hydrogen-bond acceptors (Lipinski definition) is 5. The summed E-state index contributed by atoms with van der Waals surface area (Å²) < 4.78 is 33.6. The first-order chi connectivity index (χ1) is 17.7. The van der Waals surface area contributed by atoms with E-state index in [1.807, 2.05) is 0 Å². The van der Waals surface area contributed by atoms with Crippen LogP contribution in [0.25, 0.3) is 0 Å². The SMILES string of the molecule is CCNC(=O)[C@@H](C)N(Cc1ccc(OC)cc1)C(=O)CN(c1ccccc1)S(=O)(=O)c1ccc(Cl)cc1. The minimum Gasteiger partial charge on any atom is -0.497 e. The van der Waals surface area contributed by atoms with Crippen molar-refractivity contribution in [2.75, 3.05) is 24.5 Å². The molecule has 0 aliphatic rings. The third-order valence-corrected chi connectivity index (χ3v) is 7.80. The van der Waals surface area contributed by atoms with Crippen LogP contribution in [-0.4, -0.2) is 51.4 Å². The molecule has 196 valence electrons. The van der Waals surface area contributed by atoms with Gasteiger partial charge in [0.15, 0.2) is 0 Å². The highest BCUT2D eigenvalue weighted by atomic mass is 35.5. The lowest BCUT2D eigenvalue weighted by molar-refractivity contribution is -0.139. The van der Waals surface area contributed by atoms with E-state index in [-0.39, 0.29) is 17.3 Å². The Bertz CT molecular complexity index is 1300. The molecule has 3 rings (SSSR count). The zero-order valence-electron chi connectivity index (χ0n) is 20.9. The maximum absolute atomic E-state index is 13.7. The fraction of sp³-hybridized carbons (Fsp3) is 0.259. The molecular weight excluding hydrogens is 514 g/mol. The first-order valence-corrected chi connectivity index (χ1v) is 13.5. The number of likely N-dealkylation sites (N-methyl/N-ethyl adjacent to an activating group) is 1. The van der Waals surface area contributed by atoms with Crippen molar-refractivity contribution in [3.05, 3.63) is 89.4 Å². The third kappa shape index (κ3) is 7.02. The number of hydrogen-bond donors (Lipinski definition) is 1. The van der Waals surface area contributed by atoms with Gasteiger partial charge in [-0.25, -0.2) is 8.42 Å². The lowest BCUT2D eigenvalue weighted by atomic mass is 10.1. The lowest BCUT2D eigenvalue weighted by Crippen LogP contribution is -2.51. The molecule has 3 aromatic rings. The van der Waals surface area contributed by atoms with Gasteiger partial charge in [0.25, 0.3) is 10.0 Å². The van der Waals surface area contributed by atoms with Crippen molar-refractivity contribution >= 4 is 39.1 Å². The van der Waals surface area contributed by atoms with Gasteiger partial charge in [-0.05, 0) is 67.9 Å². The van der Waals surface area contributed by atoms with Crippen molar-refractivity contribution in [3.8, 4) is 5.75 Å². The quantitative estimate of drug-likeness (QED) is 0.393. The average Bonchev–Trinajstić information content (AvgIpc) is 2.91. The van der Waals surface area contributed by atoms with Gasteiger partial charge >= 0.3 is 0 Å². The molecule has 1 atom stereocenters. The fourth-order valence-electron chi connectivity index (χ4n) is 3.69. The molecule has 0 saturated carbocycles. The molecule has 0 aromatic heterocycles. The molecule has 0 saturated heterocycles. The molecule has 0 fully saturated rings. The number of ether oxygens (including phenoxy) is 1. The number of carbonyl (C=O) groups is 2. The van der Waals surface area contributed by atoms with Crippen molar-refractivity contribution in [1.29, 1.82) is 0 Å². The Morgan fingerprint density at radius 2 is 1.59 bits per heavy atom. The second-order valence-electron chi connectivity index (χ2n) is 8.24. The number of para-hydroxylation sites is 1. The van der Waals surface area contributed by atoms with Gasteiger partial charge in [0.05, 0.1) is 17.7 Å². The van der Waals surface area contributed by atoms with Gasteiger partial charge in [-0.2, -0.15) is 0 Å². The Hall–Kier alpha value is -3.56. The van der Waals surface area contributed by atoms with Crippen molar-refractivity contribution < 1.29 is 22.7 Å². The second kappa shape index (κ2) is 12.6. The number of sulfonamides is 1. The van der Waals surface area contributed by atoms with E-state index < -0.39 is 28.5 Å². The summed E-state index contributed by atoms with van der Waals surface area (Å²) in [5.74, 6) is -0.213. The number of halogens is 1. The molecule has 0 unspecified atom stereocenters. The van der Waals surface area contributed by atoms with E-state index in [9.17, 15) is 18.0 Å². The number of nitrogens with one attached hydrogen (secondary N) is 1. The van der Waals surface area contributed by atoms with Gasteiger partial charge in [-0.3, -0.25) is 13.9 Å². The molecule has 0 bridgehead atoms. The largest absolute Gasteiger partial charge is 0.497 e. The average molecular weight is 544 g/mol. The molecule has 1 N–H and O–H groups in total. The summed E-state index contributed by atoms with van der Waals surface area (Å²) in [4.78, 5) is 27.8. The minimum absolute atomic E-state index is 0.00738. The molecule has 10 heteroatoms. The Morgan fingerprint density at radius 1 is 0.973 bits per heavy atom. The van der Waals surface area contributed by atoms with Crippen LogP contribution < -0.4 is 14.4 Å². The first kappa shape index (κ1) is 28.0. The first-order valence-electron chi connectivity index (χ1n) is 11.7. The third-order valence-electron chi connectivity index (χ3n) is 5.75. The van der Waals surface area contributed by atoms with Crippen LogP contribution in [-0.2, 0) is 26.2 Å². The summed E-state index contributed by atoms with van der Waals surface area (Å²) in [5, 5.41) is 3.13. The lowest BCUT2D eigenvalue weighted by Gasteiger charge is -2.32. The van der Waals surface area contributed by atoms with Gasteiger partial charge in [-0.15, -0.1) is 0 Å². The maximum atomic E-state index is 13.7. The smallest absolute Gasteiger partial charge is 0.264 e. The summed E-state index contributed by atoms with van der Waals surface area (Å²) in [6.45, 7) is 3.40. The van der Waals surface area contributed by atoms with Crippen LogP contribution in [0.2, 0.25) is 5.02 Å². The number of methoxy groups -OCH3 is 1. The van der Waals surface area contributed by atoms with Crippen LogP contribution >= 0.6 is 11.6 Å². The number of rotatable bonds is 11. The number of benzene rings is 3. The van der Waals surface area contributed by atoms with Gasteiger partial charge in [0, 0.05) is 18.1 Å². The van der Waals surface area contributed by atoms with E-state index in [0.29, 0.717) is 23.0 Å². The molecule has 0 spiro atoms. The Kier molecular flexibility index (Phi) is 9.54. The highest BCUT2D eigenvalue weighted by molar-refractivity contribution is 7.92. The van der Waals surface area contributed by atoms with E-state index >= 15 is 0 Å². The number of amides is 2. The Balaban J connectivity index is 1.98. The van der Waals surface area contributed by atoms with E-state index in [1.165, 1.54) is 29.2 Å². The summed E-state index contributed by atoms with van der Waals surface area (Å²) >= 11 is 5.96. The molecule has 0 aliphatic heterocycles. The molecular formula is C27H30ClN3O5S. The van der Waals surface area contributed by atoms with Crippen molar-refractivity contribution in [2.45, 2.75) is 31.3 Å². The molecule has 0 radical (unpaired) electrons. The van der Waals surface area contributed by atoms with Crippen LogP contribution in [0.1, 0.15) is 19.4 Å². The monoisotopic (exact) mass is 543 g/mol. The summed E-state index contributed by atoms with van der Waals surface area (Å²) in [6.07, 6.45) is 0. The second-order valence-corrected chi connectivity index (χ2v) is 10.5. The van der Waals surface area contributed by atoms with Gasteiger partial charge in [0.1, 0.15) is 18.3 Å². The molecule has 37 heavy (non-hydrogen) atoms. The van der Waals surface area contributed by atoms with Crippen LogP contribution in [0.4, 0.5) is 5.69 Å². The fourth-order valence-corrected chi connectivity index (χ4v) is 5.23. The normalized spacial score (nSPS) is 11.9. The van der Waals surface area contributed by atoms with Crippen LogP contribution in [0, 0.1) is 0 Å². The zero-order chi connectivity index (χ0) is 27.0. The van der Waals surface area contributed by atoms with Crippen LogP contribution in [0.3, 0.4) is 0 Å². The van der Waals surface area contributed by atoms with Crippen molar-refractivity contribution in [1.82, 2.24) is 10.2 Å². The summed E-state index contributed by atoms with van der Waals surface area (Å²) in [6, 6.07) is 20.4. The Labute approximate surface area is 222 Å². The molecule has 0 aliphatic carbocycles. The topological polar surface area (TPSA) is 96.0 Å². The van der Waals surface area contributed by atoms with Crippen molar-refractivity contribution in [2.24, 2.45) is 0 Å². The van der Waals surface area contributed by atoms with Gasteiger partial charge in [-0.1, -0.05) is 41.9 Å². The highest BCUT2D eigenvalue weighted by Gasteiger charge is 2.32. The molecule has 3 aromatic carbocycles. The van der Waals surface area contributed by atoms with Gasteiger partial charge in [0.2, 0.25) is 11.8 Å². The number of carbonyl (C=O) groups excluding carboxylic acids is 2. The number of anilines is 1. The van der Waals surface area contributed by atoms with E-state index in [0.717, 1.165) is 9.87 Å². The predicted octanol–water partition coefficient (Wildman–Crippen LogP) is 4.10. The van der Waals surface area contributed by atoms with E-state index in [1.54, 1.807) is 75.6 Å². The maximum Gasteiger partial charge on any atom is 0.264 e. The summed E-state index contributed by atoms with van der Waals surface area (Å²) in [5.41, 5.74) is 1.08. The predicted molar refractivity (Wildman–Crippen MR) is 144 cm³/mol. The highest BCUT2D eigenvalue weighted by Crippen LogP contribution is 2.25. The van der Waals surface area contributed by atoms with Crippen molar-refractivity contribution in [3.63, 3.8) is 0 Å². The summed E-state index contributed by atoms with van der Waals surface area (Å²) in [7, 11) is -2.57. The van der Waals surface area contributed by atoms with Crippen LogP contribution in [0.15, 0.2) is 83.8 Å². The molecule has 2 amide bonds. The zero-order valence-corrected chi connectivity index (χ0v) is 22.5. The minimum atomic E-state index is -4.13. The van der Waals surface area contributed by atoms with Crippen LogP contribution in [0.5, 0.6) is 5.75 Å².